The van der Waals surface area contributed by atoms with Gasteiger partial charge in [-0.3, -0.25) is 9.59 Å². The molecule has 1 aromatic carbocycles. The van der Waals surface area contributed by atoms with Gasteiger partial charge < -0.3 is 25.5 Å². The molecule has 3 unspecified atom stereocenters. The summed E-state index contributed by atoms with van der Waals surface area (Å²) in [5.41, 5.74) is 6.60. The summed E-state index contributed by atoms with van der Waals surface area (Å²) >= 11 is 0. The fourth-order valence-corrected chi connectivity index (χ4v) is 4.55. The Labute approximate surface area is 180 Å². The largest absolute Gasteiger partial charge is 0.628 e. The number of nitrogens with two attached hydrogens (primary N) is 1. The number of hydrogen-bond acceptors (Lipinski definition) is 6. The van der Waals surface area contributed by atoms with Crippen LogP contribution in [0.3, 0.4) is 0 Å². The molecular weight excluding hydrogens is 398 g/mol. The molecule has 1 aliphatic heterocycles. The van der Waals surface area contributed by atoms with Crippen LogP contribution < -0.4 is 20.3 Å². The molecule has 2 heterocycles. The van der Waals surface area contributed by atoms with Crippen LogP contribution in [0.25, 0.3) is 0 Å². The lowest BCUT2D eigenvalue weighted by atomic mass is 9.86. The Bertz CT molecular complexity index is 973. The number of fused-ring (bicyclic) bond motifs is 1. The summed E-state index contributed by atoms with van der Waals surface area (Å²) in [4.78, 5) is 29.0. The Morgan fingerprint density at radius 2 is 2.06 bits per heavy atom. The molecule has 164 valence electrons. The number of primary amides is 1. The summed E-state index contributed by atoms with van der Waals surface area (Å²) in [5, 5.41) is 12.7. The van der Waals surface area contributed by atoms with E-state index in [4.69, 9.17) is 15.2 Å². The van der Waals surface area contributed by atoms with E-state index in [1.165, 1.54) is 6.20 Å². The lowest BCUT2D eigenvalue weighted by Crippen LogP contribution is -3.06. The van der Waals surface area contributed by atoms with E-state index >= 15 is 0 Å². The third-order valence-electron chi connectivity index (χ3n) is 5.99. The van der Waals surface area contributed by atoms with Crippen molar-refractivity contribution in [2.24, 2.45) is 5.73 Å². The van der Waals surface area contributed by atoms with Crippen LogP contribution in [0.5, 0.6) is 11.5 Å². The second-order valence-corrected chi connectivity index (χ2v) is 8.05. The molecule has 0 spiro atoms. The number of nitrogens with one attached hydrogen (secondary N) is 1. The number of hydroxylamine groups is 1. The minimum atomic E-state index is -1.03. The number of ether oxygens (including phenoxy) is 2. The van der Waals surface area contributed by atoms with Crippen LogP contribution in [0.2, 0.25) is 0 Å². The second kappa shape index (κ2) is 9.03. The molecule has 1 saturated carbocycles. The number of carbonyl (C=O) groups is 2. The smallest absolute Gasteiger partial charge is 0.245 e. The fourth-order valence-electron chi connectivity index (χ4n) is 4.55. The van der Waals surface area contributed by atoms with E-state index in [-0.39, 0.29) is 29.1 Å². The third-order valence-corrected chi connectivity index (χ3v) is 5.99. The predicted molar refractivity (Wildman–Crippen MR) is 113 cm³/mol. The van der Waals surface area contributed by atoms with Crippen LogP contribution in [0.1, 0.15) is 61.0 Å². The number of Topliss-reactive ketones (excluding diaryl/α,β-unsaturated/α-hetero) is 1. The Balaban J connectivity index is 1.71. The molecule has 4 rings (SSSR count). The van der Waals surface area contributed by atoms with E-state index in [1.807, 2.05) is 6.92 Å². The van der Waals surface area contributed by atoms with Gasteiger partial charge in [0.15, 0.2) is 28.9 Å². The Kier molecular flexibility index (Phi) is 6.20. The van der Waals surface area contributed by atoms with E-state index in [0.29, 0.717) is 29.4 Å². The number of carbonyl (C=O) groups excluding carboxylic acids is 2. The summed E-state index contributed by atoms with van der Waals surface area (Å²) < 4.78 is 11.9. The van der Waals surface area contributed by atoms with Gasteiger partial charge >= 0.3 is 0 Å². The van der Waals surface area contributed by atoms with Crippen molar-refractivity contribution in [1.82, 2.24) is 4.98 Å². The standard InChI is InChI=1S/C23H27N3O5/c1-2-30-18-10-9-14(12-19(18)31-15-6-3-4-7-15)16(13-20(24)27)22-23(28)21-17(26(22)29)8-5-11-25-21/h5,8-12,15-16,22,26H,2-4,6-7,13H2,1H3,(H2,24,27). The number of pyridine rings is 1. The van der Waals surface area contributed by atoms with Crippen LogP contribution in [0.15, 0.2) is 36.5 Å². The lowest BCUT2D eigenvalue weighted by Gasteiger charge is -2.30. The minimum absolute atomic E-state index is 0.104. The van der Waals surface area contributed by atoms with E-state index in [2.05, 4.69) is 4.98 Å². The van der Waals surface area contributed by atoms with Gasteiger partial charge in [0.2, 0.25) is 11.7 Å². The molecule has 0 saturated heterocycles. The van der Waals surface area contributed by atoms with Crippen LogP contribution in [-0.4, -0.2) is 35.4 Å². The number of quaternary nitrogens is 1. The topological polar surface area (TPSA) is 119 Å². The van der Waals surface area contributed by atoms with Crippen LogP contribution in [0.4, 0.5) is 5.69 Å². The molecule has 0 radical (unpaired) electrons. The van der Waals surface area contributed by atoms with E-state index < -0.39 is 17.9 Å². The maximum absolute atomic E-state index is 13.1. The zero-order chi connectivity index (χ0) is 22.0. The minimum Gasteiger partial charge on any atom is -0.628 e. The molecule has 1 aliphatic carbocycles. The summed E-state index contributed by atoms with van der Waals surface area (Å²) in [7, 11) is 0. The summed E-state index contributed by atoms with van der Waals surface area (Å²) in [6.45, 7) is 2.37. The zero-order valence-electron chi connectivity index (χ0n) is 17.5. The van der Waals surface area contributed by atoms with Gasteiger partial charge in [-0.25, -0.2) is 4.98 Å². The van der Waals surface area contributed by atoms with Crippen molar-refractivity contribution in [3.63, 3.8) is 0 Å². The van der Waals surface area contributed by atoms with Gasteiger partial charge in [-0.15, -0.1) is 0 Å². The zero-order valence-corrected chi connectivity index (χ0v) is 17.5. The quantitative estimate of drug-likeness (QED) is 0.625. The van der Waals surface area contributed by atoms with E-state index in [0.717, 1.165) is 25.7 Å². The summed E-state index contributed by atoms with van der Waals surface area (Å²) in [6, 6.07) is 7.52. The number of nitrogens with zero attached hydrogens (tertiary/aromatic N) is 1. The van der Waals surface area contributed by atoms with Gasteiger partial charge in [0, 0.05) is 18.7 Å². The molecular formula is C23H27N3O5. The molecule has 1 fully saturated rings. The van der Waals surface area contributed by atoms with Crippen molar-refractivity contribution < 1.29 is 24.1 Å². The number of rotatable bonds is 8. The highest BCUT2D eigenvalue weighted by Gasteiger charge is 2.45. The van der Waals surface area contributed by atoms with Crippen molar-refractivity contribution in [3.8, 4) is 11.5 Å². The van der Waals surface area contributed by atoms with E-state index in [1.54, 1.807) is 30.3 Å². The van der Waals surface area contributed by atoms with Gasteiger partial charge in [0.1, 0.15) is 0 Å². The lowest BCUT2D eigenvalue weighted by molar-refractivity contribution is -0.792. The normalized spacial score (nSPS) is 21.7. The summed E-state index contributed by atoms with van der Waals surface area (Å²) in [6.07, 6.45) is 5.64. The van der Waals surface area contributed by atoms with Gasteiger partial charge in [-0.2, -0.15) is 0 Å². The summed E-state index contributed by atoms with van der Waals surface area (Å²) in [5.74, 6) is -0.492. The first-order valence-corrected chi connectivity index (χ1v) is 10.7. The molecule has 1 amide bonds. The molecule has 8 heteroatoms. The number of benzene rings is 1. The van der Waals surface area contributed by atoms with Crippen LogP contribution >= 0.6 is 0 Å². The highest BCUT2D eigenvalue weighted by molar-refractivity contribution is 6.04. The van der Waals surface area contributed by atoms with E-state index in [9.17, 15) is 14.8 Å². The highest BCUT2D eigenvalue weighted by Crippen LogP contribution is 2.37. The van der Waals surface area contributed by atoms with Gasteiger partial charge in [0.05, 0.1) is 18.6 Å². The molecule has 2 aromatic rings. The second-order valence-electron chi connectivity index (χ2n) is 8.05. The van der Waals surface area contributed by atoms with Gasteiger partial charge in [-0.05, 0) is 56.4 Å². The van der Waals surface area contributed by atoms with Crippen LogP contribution in [-0.2, 0) is 4.79 Å². The molecule has 8 nitrogen and oxygen atoms in total. The van der Waals surface area contributed by atoms with Crippen molar-refractivity contribution >= 4 is 17.4 Å². The van der Waals surface area contributed by atoms with Gasteiger partial charge in [-0.1, -0.05) is 6.07 Å². The number of ketones is 1. The first-order chi connectivity index (χ1) is 15.0. The molecule has 3 N–H and O–H groups in total. The van der Waals surface area contributed by atoms with Crippen LogP contribution in [0, 0.1) is 5.21 Å². The first kappa shape index (κ1) is 21.3. The molecule has 1 aromatic heterocycles. The molecule has 31 heavy (non-hydrogen) atoms. The molecule has 2 aliphatic rings. The monoisotopic (exact) mass is 425 g/mol. The number of amides is 1. The van der Waals surface area contributed by atoms with Crippen molar-refractivity contribution in [1.29, 1.82) is 0 Å². The maximum atomic E-state index is 13.1. The SMILES string of the molecule is CCOc1ccc(C(CC(N)=O)C2C(=O)c3ncccc3[NH+]2[O-])cc1OC1CCCC1. The first-order valence-electron chi connectivity index (χ1n) is 10.7. The molecule has 3 atom stereocenters. The number of aromatic nitrogens is 1. The predicted octanol–water partition coefficient (Wildman–Crippen LogP) is 2.04. The molecule has 0 bridgehead atoms. The maximum Gasteiger partial charge on any atom is 0.245 e. The Morgan fingerprint density at radius 1 is 1.29 bits per heavy atom. The Morgan fingerprint density at radius 3 is 2.74 bits per heavy atom. The highest BCUT2D eigenvalue weighted by atomic mass is 16.5. The average Bonchev–Trinajstić information content (AvgIpc) is 3.35. The Hall–Kier alpha value is -2.97. The number of hydrogen-bond donors (Lipinski definition) is 2. The van der Waals surface area contributed by atoms with Crippen molar-refractivity contribution in [2.45, 2.75) is 57.1 Å². The average molecular weight is 425 g/mol. The fraction of sp³-hybridized carbons (Fsp3) is 0.435. The van der Waals surface area contributed by atoms with Crippen molar-refractivity contribution in [3.05, 3.63) is 53.0 Å². The third kappa shape index (κ3) is 4.26. The van der Waals surface area contributed by atoms with Crippen molar-refractivity contribution in [2.75, 3.05) is 6.61 Å². The van der Waals surface area contributed by atoms with Gasteiger partial charge in [0.25, 0.3) is 0 Å².